The quantitative estimate of drug-likeness (QED) is 0.250. The summed E-state index contributed by atoms with van der Waals surface area (Å²) in [6.07, 6.45) is 12.9. The van der Waals surface area contributed by atoms with Gasteiger partial charge in [0, 0.05) is 0 Å². The zero-order chi connectivity index (χ0) is 22.3. The highest BCUT2D eigenvalue weighted by atomic mass is 16.5. The minimum Gasteiger partial charge on any atom is -0.494 e. The third-order valence-corrected chi connectivity index (χ3v) is 6.15. The van der Waals surface area contributed by atoms with Crippen LogP contribution in [0.15, 0.2) is 48.5 Å². The number of hydrogen-bond donors (Lipinski definition) is 0. The molecule has 0 radical (unpaired) electrons. The summed E-state index contributed by atoms with van der Waals surface area (Å²) in [6, 6.07) is 16.9. The maximum Gasteiger partial charge on any atom is 0.119 e. The Morgan fingerprint density at radius 2 is 1.23 bits per heavy atom. The lowest BCUT2D eigenvalue weighted by Crippen LogP contribution is -2.11. The molecule has 0 heterocycles. The van der Waals surface area contributed by atoms with Gasteiger partial charge in [0.05, 0.1) is 12.7 Å². The van der Waals surface area contributed by atoms with Crippen molar-refractivity contribution in [3.63, 3.8) is 0 Å². The first-order chi connectivity index (χ1) is 15.1. The standard InChI is InChI=1S/C29H44O2/c1-5-7-8-11-14-25(4)31-29-21-17-27(18-22-29)26-15-19-28(20-16-26)30-23-12-9-10-13-24(3)6-2/h15-22,24-25H,5-14,23H2,1-4H3. The van der Waals surface area contributed by atoms with Crippen molar-refractivity contribution >= 4 is 0 Å². The van der Waals surface area contributed by atoms with E-state index in [1.165, 1.54) is 62.5 Å². The second-order valence-electron chi connectivity index (χ2n) is 9.04. The van der Waals surface area contributed by atoms with Gasteiger partial charge in [-0.25, -0.2) is 0 Å². The van der Waals surface area contributed by atoms with Gasteiger partial charge in [0.2, 0.25) is 0 Å². The summed E-state index contributed by atoms with van der Waals surface area (Å²) in [4.78, 5) is 0. The Labute approximate surface area is 191 Å². The fourth-order valence-corrected chi connectivity index (χ4v) is 3.79. The molecule has 0 N–H and O–H groups in total. The van der Waals surface area contributed by atoms with Crippen molar-refractivity contribution in [2.75, 3.05) is 6.61 Å². The number of rotatable bonds is 16. The third kappa shape index (κ3) is 10.3. The van der Waals surface area contributed by atoms with Gasteiger partial charge in [-0.1, -0.05) is 90.0 Å². The van der Waals surface area contributed by atoms with E-state index in [9.17, 15) is 0 Å². The molecule has 0 aliphatic carbocycles. The van der Waals surface area contributed by atoms with Gasteiger partial charge in [-0.05, 0) is 67.5 Å². The highest BCUT2D eigenvalue weighted by molar-refractivity contribution is 5.64. The summed E-state index contributed by atoms with van der Waals surface area (Å²) in [5.74, 6) is 2.77. The second-order valence-corrected chi connectivity index (χ2v) is 9.04. The summed E-state index contributed by atoms with van der Waals surface area (Å²) in [5, 5.41) is 0. The van der Waals surface area contributed by atoms with E-state index in [0.717, 1.165) is 36.9 Å². The number of hydrogen-bond acceptors (Lipinski definition) is 2. The molecule has 2 atom stereocenters. The summed E-state index contributed by atoms with van der Waals surface area (Å²) < 4.78 is 12.0. The molecule has 0 aromatic heterocycles. The molecule has 172 valence electrons. The Hall–Kier alpha value is -1.96. The summed E-state index contributed by atoms with van der Waals surface area (Å²) in [6.45, 7) is 9.84. The van der Waals surface area contributed by atoms with Crippen LogP contribution in [0.25, 0.3) is 11.1 Å². The van der Waals surface area contributed by atoms with Crippen LogP contribution in [0, 0.1) is 5.92 Å². The Morgan fingerprint density at radius 1 is 0.645 bits per heavy atom. The molecule has 0 spiro atoms. The second kappa shape index (κ2) is 14.9. The van der Waals surface area contributed by atoms with Crippen LogP contribution in [0.5, 0.6) is 11.5 Å². The Kier molecular flexibility index (Phi) is 12.2. The molecule has 2 unspecified atom stereocenters. The van der Waals surface area contributed by atoms with Crippen molar-refractivity contribution < 1.29 is 9.47 Å². The summed E-state index contributed by atoms with van der Waals surface area (Å²) in [7, 11) is 0. The molecule has 0 saturated heterocycles. The number of benzene rings is 2. The molecule has 0 saturated carbocycles. The van der Waals surface area contributed by atoms with Crippen LogP contribution in [0.2, 0.25) is 0 Å². The van der Waals surface area contributed by atoms with E-state index in [-0.39, 0.29) is 6.10 Å². The predicted octanol–water partition coefficient (Wildman–Crippen LogP) is 9.08. The first-order valence-electron chi connectivity index (χ1n) is 12.6. The van der Waals surface area contributed by atoms with Gasteiger partial charge in [-0.15, -0.1) is 0 Å². The van der Waals surface area contributed by atoms with Crippen LogP contribution in [-0.4, -0.2) is 12.7 Å². The van der Waals surface area contributed by atoms with E-state index in [0.29, 0.717) is 0 Å². The molecule has 2 heteroatoms. The zero-order valence-electron chi connectivity index (χ0n) is 20.4. The lowest BCUT2D eigenvalue weighted by molar-refractivity contribution is 0.206. The maximum atomic E-state index is 6.08. The van der Waals surface area contributed by atoms with E-state index in [2.05, 4.69) is 76.2 Å². The normalized spacial score (nSPS) is 13.0. The molecule has 0 amide bonds. The van der Waals surface area contributed by atoms with Gasteiger partial charge < -0.3 is 9.47 Å². The Bertz CT molecular complexity index is 690. The highest BCUT2D eigenvalue weighted by Gasteiger charge is 2.05. The van der Waals surface area contributed by atoms with E-state index >= 15 is 0 Å². The fraction of sp³-hybridized carbons (Fsp3) is 0.586. The van der Waals surface area contributed by atoms with Crippen LogP contribution in [-0.2, 0) is 0 Å². The predicted molar refractivity (Wildman–Crippen MR) is 134 cm³/mol. The van der Waals surface area contributed by atoms with Gasteiger partial charge >= 0.3 is 0 Å². The molecular weight excluding hydrogens is 380 g/mol. The van der Waals surface area contributed by atoms with Gasteiger partial charge in [-0.3, -0.25) is 0 Å². The van der Waals surface area contributed by atoms with Gasteiger partial charge in [0.15, 0.2) is 0 Å². The van der Waals surface area contributed by atoms with Crippen molar-refractivity contribution in [1.82, 2.24) is 0 Å². The molecule has 31 heavy (non-hydrogen) atoms. The Morgan fingerprint density at radius 3 is 1.84 bits per heavy atom. The van der Waals surface area contributed by atoms with E-state index < -0.39 is 0 Å². The first-order valence-corrected chi connectivity index (χ1v) is 12.6. The molecule has 2 aromatic carbocycles. The SMILES string of the molecule is CCCCCCC(C)Oc1ccc(-c2ccc(OCCCCCC(C)CC)cc2)cc1. The van der Waals surface area contributed by atoms with Crippen molar-refractivity contribution in [3.05, 3.63) is 48.5 Å². The average molecular weight is 425 g/mol. The topological polar surface area (TPSA) is 18.5 Å². The molecule has 0 bridgehead atoms. The minimum absolute atomic E-state index is 0.272. The lowest BCUT2D eigenvalue weighted by atomic mass is 10.0. The van der Waals surface area contributed by atoms with Gasteiger partial charge in [-0.2, -0.15) is 0 Å². The van der Waals surface area contributed by atoms with Crippen LogP contribution in [0.1, 0.15) is 91.9 Å². The smallest absolute Gasteiger partial charge is 0.119 e. The fourth-order valence-electron chi connectivity index (χ4n) is 3.79. The maximum absolute atomic E-state index is 6.08. The van der Waals surface area contributed by atoms with Crippen molar-refractivity contribution in [3.8, 4) is 22.6 Å². The van der Waals surface area contributed by atoms with E-state index in [1.54, 1.807) is 0 Å². The monoisotopic (exact) mass is 424 g/mol. The van der Waals surface area contributed by atoms with Crippen molar-refractivity contribution in [2.24, 2.45) is 5.92 Å². The molecule has 2 rings (SSSR count). The third-order valence-electron chi connectivity index (χ3n) is 6.15. The van der Waals surface area contributed by atoms with E-state index in [4.69, 9.17) is 9.47 Å². The minimum atomic E-state index is 0.272. The summed E-state index contributed by atoms with van der Waals surface area (Å²) in [5.41, 5.74) is 2.42. The molecule has 0 aliphatic rings. The molecule has 0 aliphatic heterocycles. The molecular formula is C29H44O2. The zero-order valence-corrected chi connectivity index (χ0v) is 20.4. The van der Waals surface area contributed by atoms with Gasteiger partial charge in [0.1, 0.15) is 11.5 Å². The van der Waals surface area contributed by atoms with Crippen molar-refractivity contribution in [2.45, 2.75) is 98.0 Å². The van der Waals surface area contributed by atoms with Crippen LogP contribution >= 0.6 is 0 Å². The van der Waals surface area contributed by atoms with E-state index in [1.807, 2.05) is 0 Å². The molecule has 2 aromatic rings. The average Bonchev–Trinajstić information content (AvgIpc) is 2.80. The van der Waals surface area contributed by atoms with Crippen LogP contribution < -0.4 is 9.47 Å². The number of ether oxygens (including phenoxy) is 2. The number of unbranched alkanes of at least 4 members (excludes halogenated alkanes) is 5. The highest BCUT2D eigenvalue weighted by Crippen LogP contribution is 2.25. The van der Waals surface area contributed by atoms with Crippen LogP contribution in [0.3, 0.4) is 0 Å². The van der Waals surface area contributed by atoms with Gasteiger partial charge in [0.25, 0.3) is 0 Å². The molecule has 0 fully saturated rings. The summed E-state index contributed by atoms with van der Waals surface area (Å²) >= 11 is 0. The van der Waals surface area contributed by atoms with Crippen molar-refractivity contribution in [1.29, 1.82) is 0 Å². The largest absolute Gasteiger partial charge is 0.494 e. The van der Waals surface area contributed by atoms with Crippen LogP contribution in [0.4, 0.5) is 0 Å². The molecule has 2 nitrogen and oxygen atoms in total. The first kappa shape index (κ1) is 25.3. The Balaban J connectivity index is 1.72. The lowest BCUT2D eigenvalue weighted by Gasteiger charge is -2.15.